The standard InChI is InChI=1S/C17H26N2OS.ClH/c1-13(2)17(14-7-5-4-6-8-14)19(3)16(20)11-15-12-21-10-9-18-15;/h4-8,13,15,17-18H,9-12H2,1-3H3;1H. The number of carbonyl (C=O) groups is 1. The highest BCUT2D eigenvalue weighted by Gasteiger charge is 2.26. The normalized spacial score (nSPS) is 19.4. The number of carbonyl (C=O) groups excluding carboxylic acids is 1. The maximum atomic E-state index is 12.6. The highest BCUT2D eigenvalue weighted by molar-refractivity contribution is 7.99. The Labute approximate surface area is 144 Å². The molecule has 2 atom stereocenters. The topological polar surface area (TPSA) is 32.3 Å². The number of thioether (sulfide) groups is 1. The molecular formula is C17H27ClN2OS. The summed E-state index contributed by atoms with van der Waals surface area (Å²) in [5.41, 5.74) is 1.22. The van der Waals surface area contributed by atoms with E-state index in [1.165, 1.54) is 5.56 Å². The van der Waals surface area contributed by atoms with E-state index < -0.39 is 0 Å². The fourth-order valence-corrected chi connectivity index (χ4v) is 3.92. The zero-order valence-corrected chi connectivity index (χ0v) is 15.3. The van der Waals surface area contributed by atoms with Crippen molar-refractivity contribution in [1.29, 1.82) is 0 Å². The van der Waals surface area contributed by atoms with Crippen LogP contribution in [0.1, 0.15) is 31.9 Å². The molecule has 1 saturated heterocycles. The van der Waals surface area contributed by atoms with Gasteiger partial charge in [-0.2, -0.15) is 11.8 Å². The van der Waals surface area contributed by atoms with Crippen LogP contribution in [0.4, 0.5) is 0 Å². The van der Waals surface area contributed by atoms with E-state index in [1.807, 2.05) is 41.9 Å². The first-order valence-corrected chi connectivity index (χ1v) is 8.86. The Hall–Kier alpha value is -0.710. The molecule has 124 valence electrons. The molecule has 0 radical (unpaired) electrons. The van der Waals surface area contributed by atoms with Gasteiger partial charge in [0.25, 0.3) is 0 Å². The Balaban J connectivity index is 0.00000242. The van der Waals surface area contributed by atoms with Crippen LogP contribution in [0.3, 0.4) is 0 Å². The minimum atomic E-state index is 0. The molecule has 1 aromatic carbocycles. The van der Waals surface area contributed by atoms with Crippen LogP contribution in [0.5, 0.6) is 0 Å². The summed E-state index contributed by atoms with van der Waals surface area (Å²) in [4.78, 5) is 14.5. The third-order valence-corrected chi connectivity index (χ3v) is 5.13. The van der Waals surface area contributed by atoms with Crippen molar-refractivity contribution < 1.29 is 4.79 Å². The van der Waals surface area contributed by atoms with Crippen molar-refractivity contribution in [3.63, 3.8) is 0 Å². The molecule has 1 fully saturated rings. The van der Waals surface area contributed by atoms with Crippen LogP contribution in [-0.4, -0.2) is 41.9 Å². The van der Waals surface area contributed by atoms with Gasteiger partial charge in [-0.1, -0.05) is 44.2 Å². The first-order chi connectivity index (χ1) is 10.1. The number of benzene rings is 1. The van der Waals surface area contributed by atoms with E-state index in [4.69, 9.17) is 0 Å². The average molecular weight is 343 g/mol. The Morgan fingerprint density at radius 2 is 2.05 bits per heavy atom. The molecule has 0 aliphatic carbocycles. The van der Waals surface area contributed by atoms with E-state index in [2.05, 4.69) is 31.3 Å². The third-order valence-electron chi connectivity index (χ3n) is 4.00. The Bertz CT molecular complexity index is 449. The minimum Gasteiger partial charge on any atom is -0.338 e. The van der Waals surface area contributed by atoms with Crippen molar-refractivity contribution >= 4 is 30.1 Å². The number of halogens is 1. The van der Waals surface area contributed by atoms with Gasteiger partial charge in [-0.3, -0.25) is 4.79 Å². The van der Waals surface area contributed by atoms with Crippen LogP contribution in [0.15, 0.2) is 30.3 Å². The number of hydrogen-bond donors (Lipinski definition) is 1. The predicted molar refractivity (Wildman–Crippen MR) is 97.8 cm³/mol. The van der Waals surface area contributed by atoms with E-state index >= 15 is 0 Å². The summed E-state index contributed by atoms with van der Waals surface area (Å²) < 4.78 is 0. The van der Waals surface area contributed by atoms with Gasteiger partial charge >= 0.3 is 0 Å². The molecule has 1 N–H and O–H groups in total. The lowest BCUT2D eigenvalue weighted by Crippen LogP contribution is -2.43. The van der Waals surface area contributed by atoms with Gasteiger partial charge in [0.05, 0.1) is 6.04 Å². The van der Waals surface area contributed by atoms with Gasteiger partial charge in [0.15, 0.2) is 0 Å². The summed E-state index contributed by atoms with van der Waals surface area (Å²) in [6.45, 7) is 5.37. The monoisotopic (exact) mass is 342 g/mol. The maximum Gasteiger partial charge on any atom is 0.224 e. The number of rotatable bonds is 5. The molecule has 1 aliphatic rings. The van der Waals surface area contributed by atoms with Crippen LogP contribution in [-0.2, 0) is 4.79 Å². The lowest BCUT2D eigenvalue weighted by molar-refractivity contribution is -0.133. The number of nitrogens with one attached hydrogen (secondary N) is 1. The predicted octanol–water partition coefficient (Wildman–Crippen LogP) is 3.36. The van der Waals surface area contributed by atoms with Gasteiger partial charge in [-0.15, -0.1) is 12.4 Å². The largest absolute Gasteiger partial charge is 0.338 e. The molecule has 0 spiro atoms. The quantitative estimate of drug-likeness (QED) is 0.890. The van der Waals surface area contributed by atoms with Crippen molar-refractivity contribution in [3.8, 4) is 0 Å². The summed E-state index contributed by atoms with van der Waals surface area (Å²) >= 11 is 1.93. The van der Waals surface area contributed by atoms with Crippen molar-refractivity contribution in [1.82, 2.24) is 10.2 Å². The zero-order chi connectivity index (χ0) is 15.2. The summed E-state index contributed by atoms with van der Waals surface area (Å²) in [5.74, 6) is 2.82. The molecular weight excluding hydrogens is 316 g/mol. The number of amides is 1. The molecule has 1 aromatic rings. The van der Waals surface area contributed by atoms with Crippen LogP contribution < -0.4 is 5.32 Å². The molecule has 0 bridgehead atoms. The van der Waals surface area contributed by atoms with Crippen molar-refractivity contribution in [2.75, 3.05) is 25.1 Å². The van der Waals surface area contributed by atoms with Gasteiger partial charge in [0, 0.05) is 37.6 Å². The molecule has 0 saturated carbocycles. The van der Waals surface area contributed by atoms with Gasteiger partial charge in [0.2, 0.25) is 5.91 Å². The van der Waals surface area contributed by atoms with Gasteiger partial charge < -0.3 is 10.2 Å². The molecule has 2 rings (SSSR count). The molecule has 1 aliphatic heterocycles. The van der Waals surface area contributed by atoms with Gasteiger partial charge in [0.1, 0.15) is 0 Å². The highest BCUT2D eigenvalue weighted by atomic mass is 35.5. The highest BCUT2D eigenvalue weighted by Crippen LogP contribution is 2.28. The first-order valence-electron chi connectivity index (χ1n) is 7.71. The second-order valence-electron chi connectivity index (χ2n) is 6.03. The first kappa shape index (κ1) is 19.3. The van der Waals surface area contributed by atoms with E-state index in [9.17, 15) is 4.79 Å². The lowest BCUT2D eigenvalue weighted by Gasteiger charge is -2.33. The SMILES string of the molecule is CC(C)C(c1ccccc1)N(C)C(=O)CC1CSCCN1.Cl. The summed E-state index contributed by atoms with van der Waals surface area (Å²) in [7, 11) is 1.94. The van der Waals surface area contributed by atoms with Crippen LogP contribution in [0.2, 0.25) is 0 Å². The second-order valence-corrected chi connectivity index (χ2v) is 7.18. The Morgan fingerprint density at radius 3 is 2.59 bits per heavy atom. The summed E-state index contributed by atoms with van der Waals surface area (Å²) in [6, 6.07) is 10.8. The van der Waals surface area contributed by atoms with Crippen molar-refractivity contribution in [2.24, 2.45) is 5.92 Å². The third kappa shape index (κ3) is 5.18. The zero-order valence-electron chi connectivity index (χ0n) is 13.6. The van der Waals surface area contributed by atoms with Crippen molar-refractivity contribution in [3.05, 3.63) is 35.9 Å². The summed E-state index contributed by atoms with van der Waals surface area (Å²) in [6.07, 6.45) is 0.597. The number of nitrogens with zero attached hydrogens (tertiary/aromatic N) is 1. The Morgan fingerprint density at radius 1 is 1.36 bits per heavy atom. The van der Waals surface area contributed by atoms with Crippen LogP contribution >= 0.6 is 24.2 Å². The van der Waals surface area contributed by atoms with Gasteiger partial charge in [-0.25, -0.2) is 0 Å². The molecule has 0 aromatic heterocycles. The smallest absolute Gasteiger partial charge is 0.224 e. The van der Waals surface area contributed by atoms with E-state index in [0.717, 1.165) is 18.1 Å². The van der Waals surface area contributed by atoms with Crippen LogP contribution in [0, 0.1) is 5.92 Å². The van der Waals surface area contributed by atoms with E-state index in [0.29, 0.717) is 18.4 Å². The lowest BCUT2D eigenvalue weighted by atomic mass is 9.94. The second kappa shape index (κ2) is 9.43. The molecule has 3 nitrogen and oxygen atoms in total. The Kier molecular flexibility index (Phi) is 8.29. The van der Waals surface area contributed by atoms with Gasteiger partial charge in [-0.05, 0) is 11.5 Å². The molecule has 1 amide bonds. The van der Waals surface area contributed by atoms with Crippen molar-refractivity contribution in [2.45, 2.75) is 32.4 Å². The van der Waals surface area contributed by atoms with E-state index in [1.54, 1.807) is 0 Å². The summed E-state index contributed by atoms with van der Waals surface area (Å²) in [5, 5.41) is 3.44. The fraction of sp³-hybridized carbons (Fsp3) is 0.588. The molecule has 22 heavy (non-hydrogen) atoms. The van der Waals surface area contributed by atoms with E-state index in [-0.39, 0.29) is 24.4 Å². The number of hydrogen-bond acceptors (Lipinski definition) is 3. The van der Waals surface area contributed by atoms with Crippen LogP contribution in [0.25, 0.3) is 0 Å². The minimum absolute atomic E-state index is 0. The molecule has 2 unspecified atom stereocenters. The molecule has 5 heteroatoms. The average Bonchev–Trinajstić information content (AvgIpc) is 2.49. The maximum absolute atomic E-state index is 12.6. The molecule has 1 heterocycles. The fourth-order valence-electron chi connectivity index (χ4n) is 2.97.